The number of amides is 2. The van der Waals surface area contributed by atoms with Gasteiger partial charge in [-0.05, 0) is 24.3 Å². The Labute approximate surface area is 159 Å². The quantitative estimate of drug-likeness (QED) is 0.852. The second-order valence-electron chi connectivity index (χ2n) is 6.45. The number of hydrogen-bond acceptors (Lipinski definition) is 4. The number of ether oxygens (including phenoxy) is 1. The van der Waals surface area contributed by atoms with Crippen molar-refractivity contribution in [1.82, 2.24) is 4.90 Å². The lowest BCUT2D eigenvalue weighted by molar-refractivity contribution is -0.136. The lowest BCUT2D eigenvalue weighted by Crippen LogP contribution is -2.40. The molecular formula is C21H25N3O3. The van der Waals surface area contributed by atoms with E-state index in [1.54, 1.807) is 4.90 Å². The second kappa shape index (κ2) is 9.19. The molecule has 0 aromatic heterocycles. The van der Waals surface area contributed by atoms with Gasteiger partial charge in [-0.15, -0.1) is 0 Å². The Morgan fingerprint density at radius 1 is 1.00 bits per heavy atom. The number of benzene rings is 2. The van der Waals surface area contributed by atoms with Gasteiger partial charge in [-0.3, -0.25) is 9.59 Å². The summed E-state index contributed by atoms with van der Waals surface area (Å²) < 4.78 is 5.25. The van der Waals surface area contributed by atoms with E-state index in [0.29, 0.717) is 26.3 Å². The summed E-state index contributed by atoms with van der Waals surface area (Å²) in [7, 11) is 1.96. The predicted octanol–water partition coefficient (Wildman–Crippen LogP) is 3.03. The van der Waals surface area contributed by atoms with Crippen LogP contribution in [0.3, 0.4) is 0 Å². The number of nitrogens with one attached hydrogen (secondary N) is 1. The molecule has 1 saturated heterocycles. The van der Waals surface area contributed by atoms with Gasteiger partial charge in [0, 0.05) is 38.7 Å². The van der Waals surface area contributed by atoms with Crippen LogP contribution in [-0.4, -0.2) is 50.1 Å². The molecule has 1 fully saturated rings. The number of anilines is 3. The fourth-order valence-electron chi connectivity index (χ4n) is 3.07. The standard InChI is InChI=1S/C21H25N3O3/c1-23(17-7-3-2-4-8-17)19-10-6-5-9-18(19)22-20(25)11-12-21(26)24-13-15-27-16-14-24/h2-10H,11-16H2,1H3,(H,22,25). The average molecular weight is 367 g/mol. The smallest absolute Gasteiger partial charge is 0.224 e. The van der Waals surface area contributed by atoms with Crippen molar-refractivity contribution in [1.29, 1.82) is 0 Å². The van der Waals surface area contributed by atoms with Gasteiger partial charge in [0.1, 0.15) is 0 Å². The van der Waals surface area contributed by atoms with Gasteiger partial charge < -0.3 is 19.9 Å². The Kier molecular flexibility index (Phi) is 6.44. The van der Waals surface area contributed by atoms with Crippen LogP contribution in [0.1, 0.15) is 12.8 Å². The summed E-state index contributed by atoms with van der Waals surface area (Å²) in [4.78, 5) is 28.4. The number of carbonyl (C=O) groups excluding carboxylic acids is 2. The minimum Gasteiger partial charge on any atom is -0.378 e. The minimum absolute atomic E-state index is 0.00291. The summed E-state index contributed by atoms with van der Waals surface area (Å²) >= 11 is 0. The van der Waals surface area contributed by atoms with Crippen LogP contribution in [-0.2, 0) is 14.3 Å². The molecule has 0 unspecified atom stereocenters. The van der Waals surface area contributed by atoms with Crippen molar-refractivity contribution in [3.05, 3.63) is 54.6 Å². The summed E-state index contributed by atoms with van der Waals surface area (Å²) in [6.07, 6.45) is 0.377. The summed E-state index contributed by atoms with van der Waals surface area (Å²) in [5.41, 5.74) is 2.66. The highest BCUT2D eigenvalue weighted by atomic mass is 16.5. The maximum Gasteiger partial charge on any atom is 0.224 e. The van der Waals surface area contributed by atoms with Gasteiger partial charge in [-0.2, -0.15) is 0 Å². The third-order valence-corrected chi connectivity index (χ3v) is 4.61. The van der Waals surface area contributed by atoms with Crippen molar-refractivity contribution in [3.8, 4) is 0 Å². The van der Waals surface area contributed by atoms with Crippen LogP contribution in [0, 0.1) is 0 Å². The molecular weight excluding hydrogens is 342 g/mol. The normalized spacial score (nSPS) is 13.9. The fourth-order valence-corrected chi connectivity index (χ4v) is 3.07. The van der Waals surface area contributed by atoms with E-state index in [0.717, 1.165) is 17.1 Å². The lowest BCUT2D eigenvalue weighted by Gasteiger charge is -2.26. The number of nitrogens with zero attached hydrogens (tertiary/aromatic N) is 2. The highest BCUT2D eigenvalue weighted by Gasteiger charge is 2.18. The highest BCUT2D eigenvalue weighted by Crippen LogP contribution is 2.30. The Bertz CT molecular complexity index is 773. The van der Waals surface area contributed by atoms with Crippen molar-refractivity contribution in [3.63, 3.8) is 0 Å². The largest absolute Gasteiger partial charge is 0.378 e. The van der Waals surface area contributed by atoms with Gasteiger partial charge in [-0.1, -0.05) is 30.3 Å². The van der Waals surface area contributed by atoms with Crippen LogP contribution >= 0.6 is 0 Å². The van der Waals surface area contributed by atoms with E-state index in [2.05, 4.69) is 5.32 Å². The van der Waals surface area contributed by atoms with Crippen LogP contribution in [0.2, 0.25) is 0 Å². The molecule has 0 atom stereocenters. The number of rotatable bonds is 6. The van der Waals surface area contributed by atoms with Crippen LogP contribution in [0.4, 0.5) is 17.1 Å². The average Bonchev–Trinajstić information content (AvgIpc) is 2.73. The summed E-state index contributed by atoms with van der Waals surface area (Å²) in [5, 5.41) is 2.94. The van der Waals surface area contributed by atoms with E-state index in [1.165, 1.54) is 0 Å². The number of para-hydroxylation sites is 3. The van der Waals surface area contributed by atoms with E-state index >= 15 is 0 Å². The zero-order valence-corrected chi connectivity index (χ0v) is 15.6. The molecule has 2 aromatic carbocycles. The highest BCUT2D eigenvalue weighted by molar-refractivity contribution is 5.96. The topological polar surface area (TPSA) is 61.9 Å². The monoisotopic (exact) mass is 367 g/mol. The van der Waals surface area contributed by atoms with Crippen LogP contribution in [0.15, 0.2) is 54.6 Å². The van der Waals surface area contributed by atoms with Crippen molar-refractivity contribution in [2.45, 2.75) is 12.8 Å². The SMILES string of the molecule is CN(c1ccccc1)c1ccccc1NC(=O)CCC(=O)N1CCOCC1. The first kappa shape index (κ1) is 18.9. The maximum absolute atomic E-state index is 12.4. The van der Waals surface area contributed by atoms with Gasteiger partial charge in [0.05, 0.1) is 24.6 Å². The molecule has 3 rings (SSSR count). The Morgan fingerprint density at radius 3 is 2.41 bits per heavy atom. The third-order valence-electron chi connectivity index (χ3n) is 4.61. The van der Waals surface area contributed by atoms with Gasteiger partial charge in [0.2, 0.25) is 11.8 Å². The predicted molar refractivity (Wildman–Crippen MR) is 106 cm³/mol. The Balaban J connectivity index is 1.60. The zero-order chi connectivity index (χ0) is 19.1. The summed E-state index contributed by atoms with van der Waals surface area (Å²) in [5.74, 6) is -0.159. The van der Waals surface area contributed by atoms with E-state index in [1.807, 2.05) is 66.5 Å². The van der Waals surface area contributed by atoms with E-state index in [-0.39, 0.29) is 24.7 Å². The zero-order valence-electron chi connectivity index (χ0n) is 15.6. The van der Waals surface area contributed by atoms with Crippen molar-refractivity contribution in [2.24, 2.45) is 0 Å². The molecule has 0 bridgehead atoms. The molecule has 2 amide bonds. The molecule has 1 aliphatic heterocycles. The van der Waals surface area contributed by atoms with Gasteiger partial charge >= 0.3 is 0 Å². The Morgan fingerprint density at radius 2 is 1.67 bits per heavy atom. The number of hydrogen-bond donors (Lipinski definition) is 1. The molecule has 6 heteroatoms. The maximum atomic E-state index is 12.4. The summed E-state index contributed by atoms with van der Waals surface area (Å²) in [6.45, 7) is 2.34. The molecule has 2 aromatic rings. The molecule has 0 aliphatic carbocycles. The third kappa shape index (κ3) is 5.08. The van der Waals surface area contributed by atoms with Crippen molar-refractivity contribution < 1.29 is 14.3 Å². The number of morpholine rings is 1. The van der Waals surface area contributed by atoms with Crippen molar-refractivity contribution >= 4 is 28.9 Å². The molecule has 1 N–H and O–H groups in total. The van der Waals surface area contributed by atoms with Gasteiger partial charge in [0.15, 0.2) is 0 Å². The van der Waals surface area contributed by atoms with E-state index < -0.39 is 0 Å². The lowest BCUT2D eigenvalue weighted by atomic mass is 10.2. The van der Waals surface area contributed by atoms with E-state index in [4.69, 9.17) is 4.74 Å². The first-order valence-electron chi connectivity index (χ1n) is 9.18. The second-order valence-corrected chi connectivity index (χ2v) is 6.45. The van der Waals surface area contributed by atoms with E-state index in [9.17, 15) is 9.59 Å². The minimum atomic E-state index is -0.162. The van der Waals surface area contributed by atoms with Crippen LogP contribution < -0.4 is 10.2 Å². The first-order chi connectivity index (χ1) is 13.1. The molecule has 6 nitrogen and oxygen atoms in total. The molecule has 0 saturated carbocycles. The van der Waals surface area contributed by atoms with Crippen LogP contribution in [0.25, 0.3) is 0 Å². The van der Waals surface area contributed by atoms with Crippen molar-refractivity contribution in [2.75, 3.05) is 43.6 Å². The summed E-state index contributed by atoms with van der Waals surface area (Å²) in [6, 6.07) is 17.6. The molecule has 27 heavy (non-hydrogen) atoms. The Hall–Kier alpha value is -2.86. The molecule has 1 aliphatic rings. The first-order valence-corrected chi connectivity index (χ1v) is 9.18. The molecule has 142 valence electrons. The number of carbonyl (C=O) groups is 2. The fraction of sp³-hybridized carbons (Fsp3) is 0.333. The molecule has 0 radical (unpaired) electrons. The molecule has 0 spiro atoms. The van der Waals surface area contributed by atoms with Crippen LogP contribution in [0.5, 0.6) is 0 Å². The van der Waals surface area contributed by atoms with Gasteiger partial charge in [0.25, 0.3) is 0 Å². The van der Waals surface area contributed by atoms with Gasteiger partial charge in [-0.25, -0.2) is 0 Å². The molecule has 1 heterocycles.